The lowest BCUT2D eigenvalue weighted by Crippen LogP contribution is -2.47. The van der Waals surface area contributed by atoms with Crippen molar-refractivity contribution in [1.82, 2.24) is 10.3 Å². The van der Waals surface area contributed by atoms with Gasteiger partial charge in [0.05, 0.1) is 12.7 Å². The summed E-state index contributed by atoms with van der Waals surface area (Å²) in [5.74, 6) is -0.689. The minimum atomic E-state index is -1.15. The van der Waals surface area contributed by atoms with Gasteiger partial charge in [-0.1, -0.05) is 6.92 Å². The monoisotopic (exact) mass is 240 g/mol. The van der Waals surface area contributed by atoms with E-state index < -0.39 is 11.4 Å². The molecule has 1 aliphatic rings. The molecule has 2 N–H and O–H groups in total. The summed E-state index contributed by atoms with van der Waals surface area (Å²) in [5, 5.41) is 13.8. The first-order valence-corrected chi connectivity index (χ1v) is 5.71. The number of aromatic nitrogens is 1. The van der Waals surface area contributed by atoms with Gasteiger partial charge in [-0.2, -0.15) is 0 Å². The first-order chi connectivity index (χ1) is 8.09. The molecule has 1 aliphatic heterocycles. The summed E-state index contributed by atoms with van der Waals surface area (Å²) in [6, 6.07) is 1.53. The number of nitrogens with zero attached hydrogens (tertiary/aromatic N) is 1. The standard InChI is InChI=1S/C12H17FN2O2/c1-8-7-14-6-4-12(8,16)9-3-5-15-11(17-2)10(9)13/h3,5,8,14,16H,4,6-7H2,1-2H3. The van der Waals surface area contributed by atoms with Crippen molar-refractivity contribution in [2.24, 2.45) is 5.92 Å². The van der Waals surface area contributed by atoms with Gasteiger partial charge < -0.3 is 15.2 Å². The van der Waals surface area contributed by atoms with Crippen molar-refractivity contribution in [3.63, 3.8) is 0 Å². The number of nitrogens with one attached hydrogen (secondary N) is 1. The van der Waals surface area contributed by atoms with Crippen LogP contribution in [0.25, 0.3) is 0 Å². The lowest BCUT2D eigenvalue weighted by atomic mass is 9.77. The van der Waals surface area contributed by atoms with Crippen LogP contribution >= 0.6 is 0 Å². The van der Waals surface area contributed by atoms with Crippen molar-refractivity contribution < 1.29 is 14.2 Å². The largest absolute Gasteiger partial charge is 0.479 e. The van der Waals surface area contributed by atoms with Crippen LogP contribution in [-0.2, 0) is 5.60 Å². The number of pyridine rings is 1. The van der Waals surface area contributed by atoms with Crippen molar-refractivity contribution in [3.05, 3.63) is 23.6 Å². The van der Waals surface area contributed by atoms with Gasteiger partial charge in [-0.15, -0.1) is 0 Å². The number of halogens is 1. The molecule has 2 heterocycles. The van der Waals surface area contributed by atoms with E-state index in [4.69, 9.17) is 4.74 Å². The molecule has 0 amide bonds. The van der Waals surface area contributed by atoms with Gasteiger partial charge in [-0.25, -0.2) is 9.37 Å². The molecular formula is C12H17FN2O2. The van der Waals surface area contributed by atoms with Crippen LogP contribution in [0.15, 0.2) is 12.3 Å². The minimum Gasteiger partial charge on any atom is -0.479 e. The first kappa shape index (κ1) is 12.3. The van der Waals surface area contributed by atoms with Gasteiger partial charge in [0.1, 0.15) is 0 Å². The Bertz CT molecular complexity index is 413. The lowest BCUT2D eigenvalue weighted by Gasteiger charge is -2.39. The molecule has 1 aromatic heterocycles. The van der Waals surface area contributed by atoms with Crippen molar-refractivity contribution in [2.45, 2.75) is 18.9 Å². The number of piperidine rings is 1. The molecule has 1 aromatic rings. The molecule has 5 heteroatoms. The van der Waals surface area contributed by atoms with E-state index in [9.17, 15) is 9.50 Å². The molecule has 4 nitrogen and oxygen atoms in total. The third kappa shape index (κ3) is 2.00. The van der Waals surface area contributed by atoms with Crippen molar-refractivity contribution in [2.75, 3.05) is 20.2 Å². The van der Waals surface area contributed by atoms with Crippen molar-refractivity contribution in [3.8, 4) is 5.88 Å². The number of ether oxygens (including phenoxy) is 1. The second-order valence-electron chi connectivity index (χ2n) is 4.46. The summed E-state index contributed by atoms with van der Waals surface area (Å²) in [7, 11) is 1.37. The molecule has 1 saturated heterocycles. The fourth-order valence-electron chi connectivity index (χ4n) is 2.31. The van der Waals surface area contributed by atoms with E-state index >= 15 is 0 Å². The maximum absolute atomic E-state index is 14.1. The topological polar surface area (TPSA) is 54.4 Å². The zero-order chi connectivity index (χ0) is 12.5. The van der Waals surface area contributed by atoms with E-state index in [0.29, 0.717) is 19.5 Å². The Balaban J connectivity index is 2.44. The van der Waals surface area contributed by atoms with Gasteiger partial charge in [0.15, 0.2) is 5.82 Å². The van der Waals surface area contributed by atoms with Gasteiger partial charge in [0, 0.05) is 24.2 Å². The van der Waals surface area contributed by atoms with Gasteiger partial charge in [0.25, 0.3) is 0 Å². The Labute approximate surface area is 99.8 Å². The minimum absolute atomic E-state index is 0.0575. The Morgan fingerprint density at radius 3 is 3.06 bits per heavy atom. The Kier molecular flexibility index (Phi) is 3.31. The normalized spacial score (nSPS) is 29.1. The molecule has 0 saturated carbocycles. The highest BCUT2D eigenvalue weighted by Crippen LogP contribution is 2.37. The lowest BCUT2D eigenvalue weighted by molar-refractivity contribution is -0.0423. The van der Waals surface area contributed by atoms with E-state index in [-0.39, 0.29) is 17.4 Å². The third-order valence-electron chi connectivity index (χ3n) is 3.47. The molecule has 94 valence electrons. The summed E-state index contributed by atoms with van der Waals surface area (Å²) < 4.78 is 19.0. The molecule has 2 rings (SSSR count). The SMILES string of the molecule is COc1nccc(C2(O)CCNCC2C)c1F. The predicted molar refractivity (Wildman–Crippen MR) is 61.3 cm³/mol. The Morgan fingerprint density at radius 2 is 2.41 bits per heavy atom. The summed E-state index contributed by atoms with van der Waals surface area (Å²) in [6.45, 7) is 3.24. The second-order valence-corrected chi connectivity index (χ2v) is 4.46. The van der Waals surface area contributed by atoms with E-state index in [2.05, 4.69) is 10.3 Å². The molecule has 0 aliphatic carbocycles. The fraction of sp³-hybridized carbons (Fsp3) is 0.583. The maximum Gasteiger partial charge on any atom is 0.250 e. The first-order valence-electron chi connectivity index (χ1n) is 5.71. The summed E-state index contributed by atoms with van der Waals surface area (Å²) in [6.07, 6.45) is 1.95. The third-order valence-corrected chi connectivity index (χ3v) is 3.47. The number of rotatable bonds is 2. The smallest absolute Gasteiger partial charge is 0.250 e. The molecule has 2 unspecified atom stereocenters. The van der Waals surface area contributed by atoms with E-state index in [0.717, 1.165) is 0 Å². The van der Waals surface area contributed by atoms with Crippen LogP contribution in [0.3, 0.4) is 0 Å². The fourth-order valence-corrected chi connectivity index (χ4v) is 2.31. The molecule has 17 heavy (non-hydrogen) atoms. The Morgan fingerprint density at radius 1 is 1.65 bits per heavy atom. The summed E-state index contributed by atoms with van der Waals surface area (Å²) in [4.78, 5) is 3.78. The highest BCUT2D eigenvalue weighted by atomic mass is 19.1. The van der Waals surface area contributed by atoms with Crippen molar-refractivity contribution >= 4 is 0 Å². The number of hydrogen-bond acceptors (Lipinski definition) is 4. The van der Waals surface area contributed by atoms with Crippen LogP contribution in [-0.4, -0.2) is 30.3 Å². The number of aliphatic hydroxyl groups is 1. The van der Waals surface area contributed by atoms with Crippen LogP contribution in [0.5, 0.6) is 5.88 Å². The molecule has 0 aromatic carbocycles. The summed E-state index contributed by atoms with van der Waals surface area (Å²) in [5.41, 5.74) is -0.871. The van der Waals surface area contributed by atoms with Crippen LogP contribution < -0.4 is 10.1 Å². The quantitative estimate of drug-likeness (QED) is 0.811. The van der Waals surface area contributed by atoms with Crippen LogP contribution in [0.1, 0.15) is 18.9 Å². The van der Waals surface area contributed by atoms with E-state index in [1.165, 1.54) is 19.4 Å². The van der Waals surface area contributed by atoms with Gasteiger partial charge in [-0.05, 0) is 19.0 Å². The van der Waals surface area contributed by atoms with Crippen LogP contribution in [0.4, 0.5) is 4.39 Å². The number of methoxy groups -OCH3 is 1. The predicted octanol–water partition coefficient (Wildman–Crippen LogP) is 1.05. The molecule has 1 fully saturated rings. The van der Waals surface area contributed by atoms with E-state index in [1.807, 2.05) is 6.92 Å². The average molecular weight is 240 g/mol. The van der Waals surface area contributed by atoms with E-state index in [1.54, 1.807) is 0 Å². The van der Waals surface area contributed by atoms with Crippen LogP contribution in [0.2, 0.25) is 0 Å². The highest BCUT2D eigenvalue weighted by molar-refractivity contribution is 5.30. The Hall–Kier alpha value is -1.20. The number of hydrogen-bond donors (Lipinski definition) is 2. The molecular weight excluding hydrogens is 223 g/mol. The molecule has 2 atom stereocenters. The molecule has 0 radical (unpaired) electrons. The van der Waals surface area contributed by atoms with Gasteiger partial charge >= 0.3 is 0 Å². The van der Waals surface area contributed by atoms with Crippen molar-refractivity contribution in [1.29, 1.82) is 0 Å². The second kappa shape index (κ2) is 4.58. The summed E-state index contributed by atoms with van der Waals surface area (Å²) >= 11 is 0. The maximum atomic E-state index is 14.1. The highest BCUT2D eigenvalue weighted by Gasteiger charge is 2.40. The molecule has 0 bridgehead atoms. The van der Waals surface area contributed by atoms with Crippen LogP contribution in [0, 0.1) is 11.7 Å². The average Bonchev–Trinajstić information content (AvgIpc) is 2.33. The molecule has 0 spiro atoms. The van der Waals surface area contributed by atoms with Gasteiger partial charge in [-0.3, -0.25) is 0 Å². The zero-order valence-corrected chi connectivity index (χ0v) is 10.0. The van der Waals surface area contributed by atoms with Gasteiger partial charge in [0.2, 0.25) is 5.88 Å². The zero-order valence-electron chi connectivity index (χ0n) is 10.0.